The van der Waals surface area contributed by atoms with Crippen LogP contribution in [-0.2, 0) is 9.59 Å². The summed E-state index contributed by atoms with van der Waals surface area (Å²) in [5.41, 5.74) is 2.48. The van der Waals surface area contributed by atoms with Gasteiger partial charge in [0, 0.05) is 24.2 Å². The lowest BCUT2D eigenvalue weighted by atomic mass is 9.94. The van der Waals surface area contributed by atoms with Crippen molar-refractivity contribution in [3.8, 4) is 0 Å². The summed E-state index contributed by atoms with van der Waals surface area (Å²) in [7, 11) is 0. The third-order valence-electron chi connectivity index (χ3n) is 4.16. The van der Waals surface area contributed by atoms with E-state index in [4.69, 9.17) is 0 Å². The summed E-state index contributed by atoms with van der Waals surface area (Å²) >= 11 is 0. The number of likely N-dealkylation sites (tertiary alicyclic amines) is 1. The molecule has 2 rings (SSSR count). The van der Waals surface area contributed by atoms with Gasteiger partial charge >= 0.3 is 0 Å². The molecule has 0 unspecified atom stereocenters. The number of benzene rings is 1. The van der Waals surface area contributed by atoms with E-state index >= 15 is 0 Å². The number of hydrogen-bond donors (Lipinski definition) is 0. The van der Waals surface area contributed by atoms with E-state index in [2.05, 4.69) is 6.07 Å². The van der Waals surface area contributed by atoms with Crippen LogP contribution in [0.1, 0.15) is 44.7 Å². The Morgan fingerprint density at radius 1 is 1.04 bits per heavy atom. The second-order valence-electron chi connectivity index (χ2n) is 7.58. The van der Waals surface area contributed by atoms with Crippen LogP contribution in [0.3, 0.4) is 0 Å². The van der Waals surface area contributed by atoms with Crippen LogP contribution >= 0.6 is 0 Å². The molecule has 0 atom stereocenters. The molecule has 1 fully saturated rings. The third kappa shape index (κ3) is 4.34. The van der Waals surface area contributed by atoms with Gasteiger partial charge in [0.15, 0.2) is 0 Å². The van der Waals surface area contributed by atoms with Crippen LogP contribution in [0.25, 0.3) is 0 Å². The van der Waals surface area contributed by atoms with Crippen LogP contribution in [0, 0.1) is 19.3 Å². The maximum absolute atomic E-state index is 12.9. The van der Waals surface area contributed by atoms with Gasteiger partial charge in [0.05, 0.1) is 0 Å². The van der Waals surface area contributed by atoms with E-state index in [1.165, 1.54) is 0 Å². The molecule has 0 aromatic heterocycles. The lowest BCUT2D eigenvalue weighted by Crippen LogP contribution is -2.46. The van der Waals surface area contributed by atoms with Crippen LogP contribution in [0.2, 0.25) is 0 Å². The topological polar surface area (TPSA) is 40.6 Å². The van der Waals surface area contributed by atoms with E-state index < -0.39 is 5.41 Å². The Balaban J connectivity index is 2.31. The first-order chi connectivity index (χ1) is 10.7. The molecule has 4 nitrogen and oxygen atoms in total. The SMILES string of the molecule is Cc1cc(C)cc(N(CC(=O)N2CCCC2)C(=O)C(C)(C)C)c1. The highest BCUT2D eigenvalue weighted by atomic mass is 16.2. The van der Waals surface area contributed by atoms with Crippen molar-refractivity contribution in [1.82, 2.24) is 4.90 Å². The minimum atomic E-state index is -0.525. The molecule has 0 bridgehead atoms. The van der Waals surface area contributed by atoms with Gasteiger partial charge in [-0.2, -0.15) is 0 Å². The summed E-state index contributed by atoms with van der Waals surface area (Å²) < 4.78 is 0. The number of rotatable bonds is 3. The molecule has 1 aliphatic rings. The van der Waals surface area contributed by atoms with Crippen molar-refractivity contribution in [2.45, 2.75) is 47.5 Å². The smallest absolute Gasteiger partial charge is 0.242 e. The van der Waals surface area contributed by atoms with Gasteiger partial charge in [0.1, 0.15) is 6.54 Å². The van der Waals surface area contributed by atoms with Gasteiger partial charge in [-0.15, -0.1) is 0 Å². The Hall–Kier alpha value is -1.84. The summed E-state index contributed by atoms with van der Waals surface area (Å²) in [5, 5.41) is 0. The zero-order chi connectivity index (χ0) is 17.2. The Morgan fingerprint density at radius 3 is 2.04 bits per heavy atom. The van der Waals surface area contributed by atoms with Gasteiger partial charge in [-0.1, -0.05) is 26.8 Å². The Kier molecular flexibility index (Phi) is 5.12. The number of carbonyl (C=O) groups is 2. The van der Waals surface area contributed by atoms with Crippen LogP contribution in [-0.4, -0.2) is 36.3 Å². The monoisotopic (exact) mass is 316 g/mol. The molecule has 0 spiro atoms. The highest BCUT2D eigenvalue weighted by Crippen LogP contribution is 2.25. The maximum Gasteiger partial charge on any atom is 0.242 e. The van der Waals surface area contributed by atoms with E-state index in [0.717, 1.165) is 42.7 Å². The van der Waals surface area contributed by atoms with Crippen LogP contribution < -0.4 is 4.90 Å². The summed E-state index contributed by atoms with van der Waals surface area (Å²) in [6, 6.07) is 6.04. The zero-order valence-corrected chi connectivity index (χ0v) is 15.0. The van der Waals surface area contributed by atoms with Crippen molar-refractivity contribution in [3.05, 3.63) is 29.3 Å². The second-order valence-corrected chi connectivity index (χ2v) is 7.58. The van der Waals surface area contributed by atoms with E-state index in [1.54, 1.807) is 4.90 Å². The lowest BCUT2D eigenvalue weighted by molar-refractivity contribution is -0.132. The van der Waals surface area contributed by atoms with Gasteiger partial charge in [-0.05, 0) is 49.9 Å². The molecular weight excluding hydrogens is 288 g/mol. The Morgan fingerprint density at radius 2 is 1.57 bits per heavy atom. The van der Waals surface area contributed by atoms with Crippen molar-refractivity contribution in [2.24, 2.45) is 5.41 Å². The molecule has 23 heavy (non-hydrogen) atoms. The molecule has 1 saturated heterocycles. The molecule has 1 aromatic carbocycles. The minimum Gasteiger partial charge on any atom is -0.341 e. The van der Waals surface area contributed by atoms with E-state index in [1.807, 2.05) is 51.7 Å². The van der Waals surface area contributed by atoms with Crippen molar-refractivity contribution in [2.75, 3.05) is 24.5 Å². The Labute approximate surface area is 139 Å². The van der Waals surface area contributed by atoms with Gasteiger partial charge in [0.25, 0.3) is 0 Å². The normalized spacial score (nSPS) is 14.9. The molecule has 1 aromatic rings. The fourth-order valence-electron chi connectivity index (χ4n) is 2.99. The first-order valence-corrected chi connectivity index (χ1v) is 8.36. The summed E-state index contributed by atoms with van der Waals surface area (Å²) in [4.78, 5) is 29.0. The molecule has 1 aliphatic heterocycles. The molecule has 0 aliphatic carbocycles. The van der Waals surface area contributed by atoms with Gasteiger partial charge in [-0.25, -0.2) is 0 Å². The van der Waals surface area contributed by atoms with Crippen molar-refractivity contribution < 1.29 is 9.59 Å². The average molecular weight is 316 g/mol. The highest BCUT2D eigenvalue weighted by molar-refractivity contribution is 6.01. The molecule has 2 amide bonds. The highest BCUT2D eigenvalue weighted by Gasteiger charge is 2.31. The lowest BCUT2D eigenvalue weighted by Gasteiger charge is -2.31. The fourth-order valence-corrected chi connectivity index (χ4v) is 2.99. The third-order valence-corrected chi connectivity index (χ3v) is 4.16. The van der Waals surface area contributed by atoms with Gasteiger partial charge < -0.3 is 9.80 Å². The molecule has 4 heteroatoms. The van der Waals surface area contributed by atoms with Crippen LogP contribution in [0.4, 0.5) is 5.69 Å². The average Bonchev–Trinajstić information content (AvgIpc) is 2.95. The molecule has 0 radical (unpaired) electrons. The summed E-state index contributed by atoms with van der Waals surface area (Å²) in [6.07, 6.45) is 2.12. The number of amides is 2. The van der Waals surface area contributed by atoms with Crippen molar-refractivity contribution >= 4 is 17.5 Å². The van der Waals surface area contributed by atoms with Crippen LogP contribution in [0.5, 0.6) is 0 Å². The van der Waals surface area contributed by atoms with E-state index in [0.29, 0.717) is 0 Å². The summed E-state index contributed by atoms with van der Waals surface area (Å²) in [5.74, 6) is 0.0225. The number of hydrogen-bond acceptors (Lipinski definition) is 2. The minimum absolute atomic E-state index is 0.0185. The first kappa shape index (κ1) is 17.5. The standard InChI is InChI=1S/C19H28N2O2/c1-14-10-15(2)12-16(11-14)21(18(23)19(3,4)5)13-17(22)20-8-6-7-9-20/h10-12H,6-9,13H2,1-5H3. The molecular formula is C19H28N2O2. The van der Waals surface area contributed by atoms with Crippen molar-refractivity contribution in [3.63, 3.8) is 0 Å². The predicted octanol–water partition coefficient (Wildman–Crippen LogP) is 3.30. The quantitative estimate of drug-likeness (QED) is 0.858. The summed E-state index contributed by atoms with van der Waals surface area (Å²) in [6.45, 7) is 11.4. The zero-order valence-electron chi connectivity index (χ0n) is 15.0. The van der Waals surface area contributed by atoms with Gasteiger partial charge in [-0.3, -0.25) is 9.59 Å². The first-order valence-electron chi connectivity index (χ1n) is 8.36. The number of nitrogens with zero attached hydrogens (tertiary/aromatic N) is 2. The van der Waals surface area contributed by atoms with E-state index in [9.17, 15) is 9.59 Å². The van der Waals surface area contributed by atoms with E-state index in [-0.39, 0.29) is 18.4 Å². The van der Waals surface area contributed by atoms with Gasteiger partial charge in [0.2, 0.25) is 11.8 Å². The fraction of sp³-hybridized carbons (Fsp3) is 0.579. The van der Waals surface area contributed by atoms with Crippen LogP contribution in [0.15, 0.2) is 18.2 Å². The largest absolute Gasteiger partial charge is 0.341 e. The Bertz CT molecular complexity index is 576. The second kappa shape index (κ2) is 6.73. The number of anilines is 1. The molecule has 1 heterocycles. The predicted molar refractivity (Wildman–Crippen MR) is 93.5 cm³/mol. The maximum atomic E-state index is 12.9. The number of carbonyl (C=O) groups excluding carboxylic acids is 2. The molecule has 126 valence electrons. The molecule has 0 saturated carbocycles. The van der Waals surface area contributed by atoms with Crippen molar-refractivity contribution in [1.29, 1.82) is 0 Å². The number of aryl methyl sites for hydroxylation is 2. The molecule has 0 N–H and O–H groups in total.